The van der Waals surface area contributed by atoms with Crippen LogP contribution in [0.2, 0.25) is 0 Å². The first-order valence-corrected chi connectivity index (χ1v) is 8.78. The van der Waals surface area contributed by atoms with E-state index in [1.54, 1.807) is 31.2 Å². The van der Waals surface area contributed by atoms with Gasteiger partial charge in [-0.05, 0) is 58.3 Å². The first-order chi connectivity index (χ1) is 13.0. The van der Waals surface area contributed by atoms with Gasteiger partial charge in [0.25, 0.3) is 5.91 Å². The molecule has 1 heterocycles. The van der Waals surface area contributed by atoms with Gasteiger partial charge in [0.2, 0.25) is 0 Å². The molecular formula is C19H25N5O3. The highest BCUT2D eigenvalue weighted by atomic mass is 16.5. The lowest BCUT2D eigenvalue weighted by Gasteiger charge is -2.10. The number of esters is 1. The number of anilines is 2. The van der Waals surface area contributed by atoms with E-state index in [0.29, 0.717) is 24.5 Å². The van der Waals surface area contributed by atoms with Crippen LogP contribution in [0, 0.1) is 0 Å². The molecule has 1 amide bonds. The smallest absolute Gasteiger partial charge is 0.338 e. The molecule has 0 atom stereocenters. The summed E-state index contributed by atoms with van der Waals surface area (Å²) in [7, 11) is 3.98. The number of ether oxygens (including phenoxy) is 1. The molecule has 1 aromatic heterocycles. The summed E-state index contributed by atoms with van der Waals surface area (Å²) in [6, 6.07) is 6.84. The van der Waals surface area contributed by atoms with Gasteiger partial charge in [-0.3, -0.25) is 4.79 Å². The van der Waals surface area contributed by atoms with Crippen LogP contribution in [-0.4, -0.2) is 60.5 Å². The van der Waals surface area contributed by atoms with E-state index in [9.17, 15) is 9.59 Å². The van der Waals surface area contributed by atoms with Gasteiger partial charge in [-0.15, -0.1) is 0 Å². The Morgan fingerprint density at radius 2 is 1.85 bits per heavy atom. The van der Waals surface area contributed by atoms with E-state index in [2.05, 4.69) is 25.5 Å². The molecular weight excluding hydrogens is 346 g/mol. The minimum atomic E-state index is -0.357. The van der Waals surface area contributed by atoms with Crippen molar-refractivity contribution >= 4 is 23.4 Å². The Bertz CT molecular complexity index is 745. The maximum Gasteiger partial charge on any atom is 0.338 e. The van der Waals surface area contributed by atoms with E-state index in [1.165, 1.54) is 12.4 Å². The predicted molar refractivity (Wildman–Crippen MR) is 103 cm³/mol. The van der Waals surface area contributed by atoms with Crippen molar-refractivity contribution in [3.63, 3.8) is 0 Å². The van der Waals surface area contributed by atoms with Crippen LogP contribution in [0.1, 0.15) is 34.2 Å². The number of hydrogen-bond donors (Lipinski definition) is 2. The second-order valence-electron chi connectivity index (χ2n) is 6.12. The highest BCUT2D eigenvalue weighted by Gasteiger charge is 2.08. The third-order valence-electron chi connectivity index (χ3n) is 3.62. The molecule has 0 saturated carbocycles. The molecule has 0 radical (unpaired) electrons. The Morgan fingerprint density at radius 1 is 1.11 bits per heavy atom. The molecule has 0 bridgehead atoms. The van der Waals surface area contributed by atoms with Crippen molar-refractivity contribution in [1.29, 1.82) is 0 Å². The third kappa shape index (κ3) is 6.67. The van der Waals surface area contributed by atoms with Crippen molar-refractivity contribution in [2.75, 3.05) is 39.1 Å². The van der Waals surface area contributed by atoms with E-state index in [4.69, 9.17) is 4.74 Å². The number of carbonyl (C=O) groups is 2. The maximum atomic E-state index is 12.0. The highest BCUT2D eigenvalue weighted by Crippen LogP contribution is 2.15. The van der Waals surface area contributed by atoms with Gasteiger partial charge in [0.1, 0.15) is 11.5 Å². The molecule has 0 fully saturated rings. The standard InChI is InChI=1S/C19H25N5O3/c1-4-27-19(26)14-6-8-15(9-7-14)23-17-13-21-16(12-22-17)18(25)20-10-5-11-24(2)3/h6-9,12-13H,4-5,10-11H2,1-3H3,(H,20,25)(H,22,23). The quantitative estimate of drug-likeness (QED) is 0.514. The number of hydrogen-bond acceptors (Lipinski definition) is 7. The van der Waals surface area contributed by atoms with Crippen molar-refractivity contribution in [2.24, 2.45) is 0 Å². The van der Waals surface area contributed by atoms with Crippen molar-refractivity contribution in [1.82, 2.24) is 20.2 Å². The largest absolute Gasteiger partial charge is 0.462 e. The van der Waals surface area contributed by atoms with Crippen molar-refractivity contribution in [3.8, 4) is 0 Å². The van der Waals surface area contributed by atoms with Gasteiger partial charge in [-0.25, -0.2) is 14.8 Å². The van der Waals surface area contributed by atoms with Gasteiger partial charge in [0, 0.05) is 12.2 Å². The fourth-order valence-corrected chi connectivity index (χ4v) is 2.25. The van der Waals surface area contributed by atoms with Crippen LogP contribution in [0.4, 0.5) is 11.5 Å². The molecule has 0 aliphatic rings. The summed E-state index contributed by atoms with van der Waals surface area (Å²) < 4.78 is 4.95. The lowest BCUT2D eigenvalue weighted by Crippen LogP contribution is -2.27. The van der Waals surface area contributed by atoms with Gasteiger partial charge in [0.05, 0.1) is 24.6 Å². The van der Waals surface area contributed by atoms with Crippen LogP contribution in [0.3, 0.4) is 0 Å². The Kier molecular flexibility index (Phi) is 7.69. The lowest BCUT2D eigenvalue weighted by atomic mass is 10.2. The third-order valence-corrected chi connectivity index (χ3v) is 3.62. The van der Waals surface area contributed by atoms with Crippen LogP contribution in [0.25, 0.3) is 0 Å². The van der Waals surface area contributed by atoms with Gasteiger partial charge in [-0.1, -0.05) is 0 Å². The number of aromatic nitrogens is 2. The zero-order valence-electron chi connectivity index (χ0n) is 15.9. The summed E-state index contributed by atoms with van der Waals surface area (Å²) in [5.41, 5.74) is 1.50. The molecule has 0 aliphatic heterocycles. The molecule has 0 aliphatic carbocycles. The van der Waals surface area contributed by atoms with Crippen LogP contribution in [0.5, 0.6) is 0 Å². The summed E-state index contributed by atoms with van der Waals surface area (Å²) in [6.07, 6.45) is 3.79. The second-order valence-corrected chi connectivity index (χ2v) is 6.12. The minimum Gasteiger partial charge on any atom is -0.462 e. The Labute approximate surface area is 159 Å². The Morgan fingerprint density at radius 3 is 2.44 bits per heavy atom. The van der Waals surface area contributed by atoms with E-state index in [0.717, 1.165) is 18.7 Å². The average molecular weight is 371 g/mol. The molecule has 8 heteroatoms. The number of nitrogens with zero attached hydrogens (tertiary/aromatic N) is 3. The lowest BCUT2D eigenvalue weighted by molar-refractivity contribution is 0.0526. The fraction of sp³-hybridized carbons (Fsp3) is 0.368. The topological polar surface area (TPSA) is 96.4 Å². The molecule has 8 nitrogen and oxygen atoms in total. The highest BCUT2D eigenvalue weighted by molar-refractivity contribution is 5.92. The van der Waals surface area contributed by atoms with Crippen LogP contribution in [0.15, 0.2) is 36.7 Å². The summed E-state index contributed by atoms with van der Waals surface area (Å²) in [4.78, 5) is 34.1. The molecule has 2 aromatic rings. The second kappa shape index (κ2) is 10.2. The van der Waals surface area contributed by atoms with E-state index < -0.39 is 0 Å². The van der Waals surface area contributed by atoms with Crippen molar-refractivity contribution in [2.45, 2.75) is 13.3 Å². The molecule has 0 spiro atoms. The number of carbonyl (C=O) groups excluding carboxylic acids is 2. The zero-order valence-corrected chi connectivity index (χ0v) is 15.9. The van der Waals surface area contributed by atoms with E-state index >= 15 is 0 Å². The maximum absolute atomic E-state index is 12.0. The summed E-state index contributed by atoms with van der Waals surface area (Å²) in [5.74, 6) is -0.0978. The monoisotopic (exact) mass is 371 g/mol. The summed E-state index contributed by atoms with van der Waals surface area (Å²) >= 11 is 0. The van der Waals surface area contributed by atoms with E-state index in [1.807, 2.05) is 14.1 Å². The molecule has 144 valence electrons. The number of amides is 1. The number of nitrogens with one attached hydrogen (secondary N) is 2. The Hall–Kier alpha value is -3.00. The minimum absolute atomic E-state index is 0.244. The SMILES string of the molecule is CCOC(=O)c1ccc(Nc2cnc(C(=O)NCCCN(C)C)cn2)cc1. The van der Waals surface area contributed by atoms with Crippen LogP contribution >= 0.6 is 0 Å². The Balaban J connectivity index is 1.88. The zero-order chi connectivity index (χ0) is 19.6. The molecule has 2 rings (SSSR count). The van der Waals surface area contributed by atoms with Gasteiger partial charge < -0.3 is 20.3 Å². The molecule has 1 aromatic carbocycles. The van der Waals surface area contributed by atoms with Crippen LogP contribution < -0.4 is 10.6 Å². The average Bonchev–Trinajstić information content (AvgIpc) is 2.66. The molecule has 2 N–H and O–H groups in total. The molecule has 27 heavy (non-hydrogen) atoms. The fourth-order valence-electron chi connectivity index (χ4n) is 2.25. The number of benzene rings is 1. The van der Waals surface area contributed by atoms with Gasteiger partial charge in [0.15, 0.2) is 0 Å². The van der Waals surface area contributed by atoms with Crippen molar-refractivity contribution < 1.29 is 14.3 Å². The first kappa shape index (κ1) is 20.3. The van der Waals surface area contributed by atoms with Gasteiger partial charge >= 0.3 is 5.97 Å². The summed E-state index contributed by atoms with van der Waals surface area (Å²) in [6.45, 7) is 3.60. The van der Waals surface area contributed by atoms with E-state index in [-0.39, 0.29) is 17.6 Å². The first-order valence-electron chi connectivity index (χ1n) is 8.78. The predicted octanol–water partition coefficient (Wildman–Crippen LogP) is 2.08. The van der Waals surface area contributed by atoms with Crippen molar-refractivity contribution in [3.05, 3.63) is 47.9 Å². The molecule has 0 unspecified atom stereocenters. The van der Waals surface area contributed by atoms with Crippen LogP contribution in [-0.2, 0) is 4.74 Å². The normalized spacial score (nSPS) is 10.5. The molecule has 0 saturated heterocycles. The number of rotatable bonds is 9. The summed E-state index contributed by atoms with van der Waals surface area (Å²) in [5, 5.41) is 5.89. The van der Waals surface area contributed by atoms with Gasteiger partial charge in [-0.2, -0.15) is 0 Å².